The highest BCUT2D eigenvalue weighted by Crippen LogP contribution is 2.21. The van der Waals surface area contributed by atoms with Crippen molar-refractivity contribution in [1.29, 1.82) is 0 Å². The Kier molecular flexibility index (Phi) is 7.20. The van der Waals surface area contributed by atoms with E-state index in [-0.39, 0.29) is 24.9 Å². The molecule has 0 radical (unpaired) electrons. The molecular weight excluding hydrogens is 372 g/mol. The monoisotopic (exact) mass is 398 g/mol. The maximum Gasteiger partial charge on any atom is 0.323 e. The molecule has 1 aliphatic rings. The van der Waals surface area contributed by atoms with Crippen molar-refractivity contribution in [2.24, 2.45) is 0 Å². The van der Waals surface area contributed by atoms with Gasteiger partial charge in [0.25, 0.3) is 5.91 Å². The minimum Gasteiger partial charge on any atom is -0.481 e. The average molecular weight is 398 g/mol. The van der Waals surface area contributed by atoms with Gasteiger partial charge in [-0.05, 0) is 38.8 Å². The fraction of sp³-hybridized carbons (Fsp3) is 0.556. The van der Waals surface area contributed by atoms with Crippen LogP contribution in [0.1, 0.15) is 26.7 Å². The summed E-state index contributed by atoms with van der Waals surface area (Å²) in [5.74, 6) is -0.980. The Hall–Kier alpha value is -2.13. The third-order valence-electron chi connectivity index (χ3n) is 4.61. The van der Waals surface area contributed by atoms with Gasteiger partial charge in [-0.3, -0.25) is 9.59 Å². The van der Waals surface area contributed by atoms with Crippen molar-refractivity contribution in [2.75, 3.05) is 25.4 Å². The number of amides is 1. The summed E-state index contributed by atoms with van der Waals surface area (Å²) < 4.78 is 31.0. The molecule has 2 rings (SSSR count). The maximum atomic E-state index is 12.8. The topological polar surface area (TPSA) is 104 Å². The molecular formula is C18H26N2O6S. The summed E-state index contributed by atoms with van der Waals surface area (Å²) in [5.41, 5.74) is 0. The van der Waals surface area contributed by atoms with Crippen molar-refractivity contribution in [3.63, 3.8) is 0 Å². The molecule has 1 unspecified atom stereocenters. The lowest BCUT2D eigenvalue weighted by molar-refractivity contribution is -0.150. The normalized spacial score (nSPS) is 17.3. The number of carbonyl (C=O) groups is 2. The van der Waals surface area contributed by atoms with Crippen LogP contribution in [0, 0.1) is 0 Å². The zero-order valence-corrected chi connectivity index (χ0v) is 16.4. The first kappa shape index (κ1) is 21.2. The van der Waals surface area contributed by atoms with Crippen molar-refractivity contribution < 1.29 is 27.9 Å². The Morgan fingerprint density at radius 3 is 2.37 bits per heavy atom. The summed E-state index contributed by atoms with van der Waals surface area (Å²) in [4.78, 5) is 25.4. The second-order valence-electron chi connectivity index (χ2n) is 6.46. The van der Waals surface area contributed by atoms with Gasteiger partial charge in [-0.25, -0.2) is 12.7 Å². The largest absolute Gasteiger partial charge is 0.481 e. The number of sulfonamides is 1. The molecule has 1 aliphatic heterocycles. The standard InChI is InChI=1S/C18H26N2O6S/c1-3-27(24,25)19-11-9-15(10-12-19)20(13-17(21)22)18(23)14(2)26-16-7-5-4-6-8-16/h4-8,14-15H,3,9-13H2,1-2H3,(H,21,22). The number of piperidine rings is 1. The minimum atomic E-state index is -3.28. The van der Waals surface area contributed by atoms with E-state index in [0.717, 1.165) is 0 Å². The highest BCUT2D eigenvalue weighted by molar-refractivity contribution is 7.89. The molecule has 0 aliphatic carbocycles. The van der Waals surface area contributed by atoms with E-state index >= 15 is 0 Å². The second kappa shape index (κ2) is 9.18. The predicted octanol–water partition coefficient (Wildman–Crippen LogP) is 1.18. The van der Waals surface area contributed by atoms with Gasteiger partial charge in [0.1, 0.15) is 12.3 Å². The van der Waals surface area contributed by atoms with Crippen LogP contribution in [0.3, 0.4) is 0 Å². The Balaban J connectivity index is 2.06. The van der Waals surface area contributed by atoms with E-state index in [9.17, 15) is 23.1 Å². The Labute approximate surface area is 159 Å². The molecule has 1 saturated heterocycles. The average Bonchev–Trinajstić information content (AvgIpc) is 2.66. The molecule has 150 valence electrons. The molecule has 9 heteroatoms. The molecule has 27 heavy (non-hydrogen) atoms. The lowest BCUT2D eigenvalue weighted by Crippen LogP contribution is -2.53. The first-order valence-electron chi connectivity index (χ1n) is 8.96. The Morgan fingerprint density at radius 2 is 1.85 bits per heavy atom. The second-order valence-corrected chi connectivity index (χ2v) is 8.72. The molecule has 0 bridgehead atoms. The number of carboxylic acids is 1. The summed E-state index contributed by atoms with van der Waals surface area (Å²) in [6.45, 7) is 3.29. The van der Waals surface area contributed by atoms with Crippen LogP contribution >= 0.6 is 0 Å². The molecule has 0 aromatic heterocycles. The van der Waals surface area contributed by atoms with Crippen molar-refractivity contribution >= 4 is 21.9 Å². The number of aliphatic carboxylic acids is 1. The van der Waals surface area contributed by atoms with Gasteiger partial charge < -0.3 is 14.7 Å². The van der Waals surface area contributed by atoms with E-state index in [0.29, 0.717) is 18.6 Å². The van der Waals surface area contributed by atoms with Gasteiger partial charge in [-0.2, -0.15) is 0 Å². The zero-order chi connectivity index (χ0) is 20.0. The molecule has 1 heterocycles. The summed E-state index contributed by atoms with van der Waals surface area (Å²) in [6, 6.07) is 8.50. The molecule has 1 aromatic rings. The van der Waals surface area contributed by atoms with Gasteiger partial charge in [-0.1, -0.05) is 18.2 Å². The van der Waals surface area contributed by atoms with Crippen LogP contribution in [0.15, 0.2) is 30.3 Å². The highest BCUT2D eigenvalue weighted by Gasteiger charge is 2.34. The quantitative estimate of drug-likeness (QED) is 0.705. The number of carbonyl (C=O) groups excluding carboxylic acids is 1. The molecule has 1 amide bonds. The number of ether oxygens (including phenoxy) is 1. The molecule has 8 nitrogen and oxygen atoms in total. The van der Waals surface area contributed by atoms with Crippen LogP contribution < -0.4 is 4.74 Å². The summed E-state index contributed by atoms with van der Waals surface area (Å²) >= 11 is 0. The van der Waals surface area contributed by atoms with E-state index < -0.39 is 34.5 Å². The molecule has 0 saturated carbocycles. The number of rotatable bonds is 8. The third kappa shape index (κ3) is 5.67. The van der Waals surface area contributed by atoms with Gasteiger partial charge in [0.05, 0.1) is 5.75 Å². The molecule has 0 spiro atoms. The van der Waals surface area contributed by atoms with Crippen molar-refractivity contribution in [3.05, 3.63) is 30.3 Å². The predicted molar refractivity (Wildman–Crippen MR) is 99.9 cm³/mol. The van der Waals surface area contributed by atoms with Crippen LogP contribution in [0.2, 0.25) is 0 Å². The van der Waals surface area contributed by atoms with Crippen LogP contribution in [0.4, 0.5) is 0 Å². The van der Waals surface area contributed by atoms with Gasteiger partial charge in [-0.15, -0.1) is 0 Å². The van der Waals surface area contributed by atoms with Crippen LogP contribution in [0.25, 0.3) is 0 Å². The van der Waals surface area contributed by atoms with Gasteiger partial charge >= 0.3 is 5.97 Å². The van der Waals surface area contributed by atoms with Crippen LogP contribution in [-0.2, 0) is 19.6 Å². The van der Waals surface area contributed by atoms with Gasteiger partial charge in [0, 0.05) is 19.1 Å². The number of nitrogens with zero attached hydrogens (tertiary/aromatic N) is 2. The minimum absolute atomic E-state index is 0.0252. The Bertz CT molecular complexity index is 744. The summed E-state index contributed by atoms with van der Waals surface area (Å²) in [6.07, 6.45) is -0.0451. The smallest absolute Gasteiger partial charge is 0.323 e. The number of para-hydroxylation sites is 1. The van der Waals surface area contributed by atoms with E-state index in [1.54, 1.807) is 38.1 Å². The van der Waals surface area contributed by atoms with Gasteiger partial charge in [0.2, 0.25) is 10.0 Å². The molecule has 1 fully saturated rings. The summed E-state index contributed by atoms with van der Waals surface area (Å²) in [5, 5.41) is 9.21. The number of hydrogen-bond acceptors (Lipinski definition) is 5. The first-order valence-corrected chi connectivity index (χ1v) is 10.6. The van der Waals surface area contributed by atoms with Crippen LogP contribution in [0.5, 0.6) is 5.75 Å². The van der Waals surface area contributed by atoms with Gasteiger partial charge in [0.15, 0.2) is 6.10 Å². The van der Waals surface area contributed by atoms with E-state index in [4.69, 9.17) is 4.74 Å². The number of benzene rings is 1. The maximum absolute atomic E-state index is 12.8. The summed E-state index contributed by atoms with van der Waals surface area (Å²) in [7, 11) is -3.28. The lowest BCUT2D eigenvalue weighted by atomic mass is 10.0. The number of hydrogen-bond donors (Lipinski definition) is 1. The molecule has 1 aromatic carbocycles. The van der Waals surface area contributed by atoms with E-state index in [1.165, 1.54) is 9.21 Å². The lowest BCUT2D eigenvalue weighted by Gasteiger charge is -2.38. The SMILES string of the molecule is CCS(=O)(=O)N1CCC(N(CC(=O)O)C(=O)C(C)Oc2ccccc2)CC1. The van der Waals surface area contributed by atoms with E-state index in [1.807, 2.05) is 6.07 Å². The zero-order valence-electron chi connectivity index (χ0n) is 15.6. The fourth-order valence-corrected chi connectivity index (χ4v) is 4.27. The third-order valence-corrected chi connectivity index (χ3v) is 6.50. The highest BCUT2D eigenvalue weighted by atomic mass is 32.2. The Morgan fingerprint density at radius 1 is 1.26 bits per heavy atom. The van der Waals surface area contributed by atoms with Crippen molar-refractivity contribution in [1.82, 2.24) is 9.21 Å². The molecule has 1 N–H and O–H groups in total. The molecule has 1 atom stereocenters. The first-order chi connectivity index (χ1) is 12.7. The van der Waals surface area contributed by atoms with Crippen molar-refractivity contribution in [3.8, 4) is 5.75 Å². The fourth-order valence-electron chi connectivity index (χ4n) is 3.13. The van der Waals surface area contributed by atoms with Crippen LogP contribution in [-0.4, -0.2) is 72.1 Å². The van der Waals surface area contributed by atoms with Crippen molar-refractivity contribution in [2.45, 2.75) is 38.8 Å². The van der Waals surface area contributed by atoms with E-state index in [2.05, 4.69) is 0 Å². The number of carboxylic acid groups (broad SMARTS) is 1.